The summed E-state index contributed by atoms with van der Waals surface area (Å²) in [6, 6.07) is 13.2. The van der Waals surface area contributed by atoms with Crippen LogP contribution < -0.4 is 5.46 Å². The molecule has 0 bridgehead atoms. The first-order chi connectivity index (χ1) is 33.5. The molecule has 0 spiro atoms. The number of carbonyl (C=O) groups is 2. The van der Waals surface area contributed by atoms with Crippen LogP contribution in [0, 0.1) is 11.6 Å². The SMILES string of the molecule is CCOC(=O)C(C)n1cc(-c2cc(F)cc3c2-c2ccccc2C3(O)C(F)(F)F)cn1.CCOC(=O)C(C)n1cc(B2OC(C)(C)C(C)(C)O2)cn1.OC1(C(F)(F)F)c2ccccc2-c2c(Cl)cc(F)cc21. The van der Waals surface area contributed by atoms with Crippen molar-refractivity contribution in [1.29, 1.82) is 0 Å². The van der Waals surface area contributed by atoms with Gasteiger partial charge in [-0.25, -0.2) is 18.4 Å². The Morgan fingerprint density at radius 1 is 0.667 bits per heavy atom. The van der Waals surface area contributed by atoms with Crippen LogP contribution in [0.15, 0.2) is 97.6 Å². The molecule has 72 heavy (non-hydrogen) atoms. The van der Waals surface area contributed by atoms with Crippen LogP contribution in [0.2, 0.25) is 5.02 Å². The maximum Gasteiger partial charge on any atom is 0.498 e. The van der Waals surface area contributed by atoms with Gasteiger partial charge < -0.3 is 29.0 Å². The molecule has 4 atom stereocenters. The summed E-state index contributed by atoms with van der Waals surface area (Å²) in [6.07, 6.45) is -3.85. The zero-order valence-corrected chi connectivity index (χ0v) is 40.7. The minimum atomic E-state index is -5.07. The molecule has 1 aliphatic heterocycles. The fourth-order valence-electron chi connectivity index (χ4n) is 8.57. The molecule has 3 aliphatic rings. The van der Waals surface area contributed by atoms with Gasteiger partial charge in [0, 0.05) is 57.4 Å². The fraction of sp³-hybridized carbons (Fsp3) is 0.360. The van der Waals surface area contributed by atoms with E-state index in [1.165, 1.54) is 53.5 Å². The van der Waals surface area contributed by atoms with Crippen LogP contribution >= 0.6 is 11.6 Å². The number of nitrogens with zero attached hydrogens (tertiary/aromatic N) is 4. The van der Waals surface area contributed by atoms with Gasteiger partial charge in [-0.2, -0.15) is 36.5 Å². The van der Waals surface area contributed by atoms with Crippen molar-refractivity contribution in [3.63, 3.8) is 0 Å². The Kier molecular flexibility index (Phi) is 14.4. The summed E-state index contributed by atoms with van der Waals surface area (Å²) < 4.78 is 135. The second kappa shape index (κ2) is 19.4. The average Bonchev–Trinajstić information content (AvgIpc) is 4.13. The van der Waals surface area contributed by atoms with Gasteiger partial charge in [-0.1, -0.05) is 60.1 Å². The highest BCUT2D eigenvalue weighted by Gasteiger charge is 2.62. The summed E-state index contributed by atoms with van der Waals surface area (Å²) in [7, 11) is -0.474. The molecule has 3 heterocycles. The Labute approximate surface area is 413 Å². The number of esters is 2. The quantitative estimate of drug-likeness (QED) is 0.0858. The Bertz CT molecular complexity index is 3020. The largest absolute Gasteiger partial charge is 0.498 e. The van der Waals surface area contributed by atoms with E-state index >= 15 is 0 Å². The molecule has 0 amide bonds. The van der Waals surface area contributed by atoms with Crippen LogP contribution in [0.25, 0.3) is 33.4 Å². The lowest BCUT2D eigenvalue weighted by Gasteiger charge is -2.32. The molecule has 0 radical (unpaired) electrons. The van der Waals surface area contributed by atoms with Crippen LogP contribution in [0.1, 0.15) is 89.7 Å². The third-order valence-corrected chi connectivity index (χ3v) is 13.3. The van der Waals surface area contributed by atoms with Crippen molar-refractivity contribution in [3.8, 4) is 33.4 Å². The van der Waals surface area contributed by atoms with E-state index in [-0.39, 0.29) is 56.5 Å². The predicted octanol–water partition coefficient (Wildman–Crippen LogP) is 10.2. The van der Waals surface area contributed by atoms with E-state index in [1.54, 1.807) is 50.8 Å². The van der Waals surface area contributed by atoms with Crippen molar-refractivity contribution in [2.75, 3.05) is 13.2 Å². The standard InChI is InChI=1S/C22H18F4N2O3.C14H23BN2O4.C14H7ClF4O/c1-3-31-20(29)12(2)28-11-13(10-27-28)16-8-14(23)9-18-19(16)15-6-4-5-7-17(15)21(18,30)22(24,25)26;1-7-19-12(18)10(2)17-9-11(8-16-17)15-20-13(3,4)14(5,6)21-15;15-11-6-7(16)5-10-12(11)8-3-1-2-4-9(8)13(10,20)14(17,18)19/h4-12,30H,3H2,1-2H3;8-10H,7H2,1-6H3;1-6,20H. The number of aromatic nitrogens is 4. The Hall–Kier alpha value is -6.13. The molecule has 4 aromatic carbocycles. The molecule has 1 fully saturated rings. The molecule has 0 saturated carbocycles. The van der Waals surface area contributed by atoms with Crippen LogP contribution in [-0.2, 0) is 39.6 Å². The van der Waals surface area contributed by atoms with Crippen molar-refractivity contribution < 1.29 is 73.7 Å². The summed E-state index contributed by atoms with van der Waals surface area (Å²) in [5, 5.41) is 29.2. The number of hydrogen-bond acceptors (Lipinski definition) is 10. The lowest BCUT2D eigenvalue weighted by molar-refractivity contribution is -0.247. The van der Waals surface area contributed by atoms with Crippen molar-refractivity contribution >= 4 is 36.1 Å². The minimum Gasteiger partial charge on any atom is -0.464 e. The Balaban J connectivity index is 0.000000164. The zero-order chi connectivity index (χ0) is 53.1. The lowest BCUT2D eigenvalue weighted by atomic mass is 9.82. The highest BCUT2D eigenvalue weighted by Crippen LogP contribution is 2.58. The molecular weight excluding hydrogens is 983 g/mol. The smallest absolute Gasteiger partial charge is 0.464 e. The van der Waals surface area contributed by atoms with Gasteiger partial charge in [-0.05, 0) is 102 Å². The topological polar surface area (TPSA) is 147 Å². The molecule has 2 N–H and O–H groups in total. The molecule has 22 heteroatoms. The normalized spacial score (nSPS) is 19.9. The summed E-state index contributed by atoms with van der Waals surface area (Å²) in [4.78, 5) is 23.7. The molecule has 1 saturated heterocycles. The summed E-state index contributed by atoms with van der Waals surface area (Å²) in [5.74, 6) is -2.70. The highest BCUT2D eigenvalue weighted by atomic mass is 35.5. The predicted molar refractivity (Wildman–Crippen MR) is 249 cm³/mol. The molecule has 2 aromatic heterocycles. The van der Waals surface area contributed by atoms with Gasteiger partial charge in [0.15, 0.2) is 0 Å². The molecule has 2 aliphatic carbocycles. The first-order valence-electron chi connectivity index (χ1n) is 22.4. The molecule has 382 valence electrons. The van der Waals surface area contributed by atoms with Gasteiger partial charge in [0.25, 0.3) is 0 Å². The van der Waals surface area contributed by atoms with Crippen LogP contribution in [-0.4, -0.2) is 85.6 Å². The lowest BCUT2D eigenvalue weighted by Crippen LogP contribution is -2.41. The number of fused-ring (bicyclic) bond motifs is 6. The van der Waals surface area contributed by atoms with E-state index in [1.807, 2.05) is 27.7 Å². The van der Waals surface area contributed by atoms with Crippen molar-refractivity contribution in [1.82, 2.24) is 19.6 Å². The monoisotopic (exact) mass is 1030 g/mol. The number of alkyl halides is 6. The third kappa shape index (κ3) is 9.29. The van der Waals surface area contributed by atoms with Gasteiger partial charge >= 0.3 is 31.4 Å². The summed E-state index contributed by atoms with van der Waals surface area (Å²) in [5.41, 5.74) is -7.61. The summed E-state index contributed by atoms with van der Waals surface area (Å²) in [6.45, 7) is 15.3. The molecular formula is C50H48BClF8N4O8. The first kappa shape index (κ1) is 53.7. The van der Waals surface area contributed by atoms with E-state index in [4.69, 9.17) is 30.4 Å². The first-order valence-corrected chi connectivity index (χ1v) is 22.8. The maximum atomic E-state index is 14.5. The molecule has 6 aromatic rings. The zero-order valence-electron chi connectivity index (χ0n) is 39.9. The van der Waals surface area contributed by atoms with E-state index in [0.29, 0.717) is 24.3 Å². The van der Waals surface area contributed by atoms with Gasteiger partial charge in [0.1, 0.15) is 23.7 Å². The molecule has 9 rings (SSSR count). The molecule has 4 unspecified atom stereocenters. The second-order valence-electron chi connectivity index (χ2n) is 18.1. The van der Waals surface area contributed by atoms with Gasteiger partial charge in [0.2, 0.25) is 11.2 Å². The number of rotatable bonds is 8. The second-order valence-corrected chi connectivity index (χ2v) is 18.5. The van der Waals surface area contributed by atoms with Crippen LogP contribution in [0.5, 0.6) is 0 Å². The van der Waals surface area contributed by atoms with Crippen molar-refractivity contribution in [2.45, 2.75) is 102 Å². The number of ether oxygens (including phenoxy) is 2. The highest BCUT2D eigenvalue weighted by molar-refractivity contribution is 6.62. The van der Waals surface area contributed by atoms with E-state index in [0.717, 1.165) is 23.7 Å². The van der Waals surface area contributed by atoms with Crippen molar-refractivity contribution in [3.05, 3.63) is 136 Å². The number of carbonyl (C=O) groups excluding carboxylic acids is 2. The minimum absolute atomic E-state index is 0.0171. The van der Waals surface area contributed by atoms with E-state index in [9.17, 15) is 54.9 Å². The van der Waals surface area contributed by atoms with E-state index in [2.05, 4.69) is 10.2 Å². The molecule has 12 nitrogen and oxygen atoms in total. The van der Waals surface area contributed by atoms with Crippen LogP contribution in [0.3, 0.4) is 0 Å². The average molecular weight is 1030 g/mol. The van der Waals surface area contributed by atoms with E-state index < -0.39 is 82.7 Å². The Morgan fingerprint density at radius 2 is 1.10 bits per heavy atom. The summed E-state index contributed by atoms with van der Waals surface area (Å²) >= 11 is 5.86. The van der Waals surface area contributed by atoms with Crippen LogP contribution in [0.4, 0.5) is 35.1 Å². The van der Waals surface area contributed by atoms with Gasteiger partial charge in [0.05, 0.1) is 35.6 Å². The number of halogens is 9. The number of aliphatic hydroxyl groups is 2. The van der Waals surface area contributed by atoms with Crippen molar-refractivity contribution in [2.24, 2.45) is 0 Å². The van der Waals surface area contributed by atoms with Gasteiger partial charge in [-0.15, -0.1) is 0 Å². The maximum absolute atomic E-state index is 14.5. The fourth-order valence-corrected chi connectivity index (χ4v) is 8.88. The van der Waals surface area contributed by atoms with Gasteiger partial charge in [-0.3, -0.25) is 9.36 Å². The number of benzene rings is 4. The number of hydrogen-bond donors (Lipinski definition) is 2. The third-order valence-electron chi connectivity index (χ3n) is 13.0. The Morgan fingerprint density at radius 3 is 1.58 bits per heavy atom.